The summed E-state index contributed by atoms with van der Waals surface area (Å²) in [6.45, 7) is 7.72. The molecule has 0 saturated carbocycles. The summed E-state index contributed by atoms with van der Waals surface area (Å²) in [5, 5.41) is 8.34. The zero-order chi connectivity index (χ0) is 18.7. The molecule has 0 aliphatic carbocycles. The van der Waals surface area contributed by atoms with Crippen LogP contribution in [-0.2, 0) is 11.2 Å². The molecule has 0 spiro atoms. The van der Waals surface area contributed by atoms with Crippen LogP contribution in [-0.4, -0.2) is 39.6 Å². The summed E-state index contributed by atoms with van der Waals surface area (Å²) in [4.78, 5) is 31.9. The third-order valence-electron chi connectivity index (χ3n) is 4.93. The van der Waals surface area contributed by atoms with Crippen molar-refractivity contribution in [3.8, 4) is 0 Å². The molecular formula is C18H27N5O2S. The minimum Gasteiger partial charge on any atom is -0.353 e. The van der Waals surface area contributed by atoms with Gasteiger partial charge in [-0.05, 0) is 32.6 Å². The van der Waals surface area contributed by atoms with Crippen LogP contribution >= 0.6 is 11.3 Å². The van der Waals surface area contributed by atoms with Crippen molar-refractivity contribution < 1.29 is 4.79 Å². The van der Waals surface area contributed by atoms with Gasteiger partial charge in [-0.1, -0.05) is 31.6 Å². The van der Waals surface area contributed by atoms with Crippen LogP contribution in [0.15, 0.2) is 10.9 Å². The van der Waals surface area contributed by atoms with Crippen molar-refractivity contribution in [3.05, 3.63) is 22.1 Å². The summed E-state index contributed by atoms with van der Waals surface area (Å²) in [7, 11) is 0. The van der Waals surface area contributed by atoms with Crippen molar-refractivity contribution in [2.45, 2.75) is 58.9 Å². The lowest BCUT2D eigenvalue weighted by Crippen LogP contribution is -2.43. The molecule has 0 radical (unpaired) electrons. The van der Waals surface area contributed by atoms with Crippen molar-refractivity contribution >= 4 is 27.3 Å². The van der Waals surface area contributed by atoms with E-state index in [0.29, 0.717) is 4.96 Å². The highest BCUT2D eigenvalue weighted by Gasteiger charge is 2.27. The number of hydrogen-bond acceptors (Lipinski definition) is 6. The van der Waals surface area contributed by atoms with Crippen LogP contribution in [0, 0.1) is 5.92 Å². The van der Waals surface area contributed by atoms with Crippen LogP contribution in [0.4, 0.5) is 5.13 Å². The van der Waals surface area contributed by atoms with E-state index in [2.05, 4.69) is 34.1 Å². The molecule has 26 heavy (non-hydrogen) atoms. The molecule has 1 amide bonds. The number of nitrogens with zero attached hydrogens (tertiary/aromatic N) is 4. The smallest absolute Gasteiger partial charge is 0.275 e. The van der Waals surface area contributed by atoms with Crippen molar-refractivity contribution in [1.29, 1.82) is 0 Å². The highest BCUT2D eigenvalue weighted by molar-refractivity contribution is 7.20. The van der Waals surface area contributed by atoms with Crippen LogP contribution in [0.2, 0.25) is 0 Å². The van der Waals surface area contributed by atoms with Crippen LogP contribution in [0.1, 0.15) is 52.1 Å². The lowest BCUT2D eigenvalue weighted by atomic mass is 9.96. The average molecular weight is 378 g/mol. The Labute approximate surface area is 157 Å². The fraction of sp³-hybridized carbons (Fsp3) is 0.667. The van der Waals surface area contributed by atoms with E-state index in [1.54, 1.807) is 6.07 Å². The van der Waals surface area contributed by atoms with E-state index in [0.717, 1.165) is 56.0 Å². The molecule has 3 heterocycles. The van der Waals surface area contributed by atoms with Crippen molar-refractivity contribution in [3.63, 3.8) is 0 Å². The van der Waals surface area contributed by atoms with E-state index >= 15 is 0 Å². The SMILES string of the molecule is CCCc1cc(=O)n2nc(N3CCC(C(=O)N[C@H](C)CC)CC3)sc2n1. The molecule has 142 valence electrons. The molecule has 1 aliphatic rings. The van der Waals surface area contributed by atoms with Crippen LogP contribution in [0.5, 0.6) is 0 Å². The van der Waals surface area contributed by atoms with Gasteiger partial charge >= 0.3 is 0 Å². The molecule has 1 fully saturated rings. The normalized spacial score (nSPS) is 16.8. The number of carbonyl (C=O) groups is 1. The Kier molecular flexibility index (Phi) is 5.90. The number of aromatic nitrogens is 3. The summed E-state index contributed by atoms with van der Waals surface area (Å²) < 4.78 is 1.39. The van der Waals surface area contributed by atoms with E-state index in [4.69, 9.17) is 0 Å². The van der Waals surface area contributed by atoms with E-state index in [1.165, 1.54) is 15.9 Å². The molecule has 1 saturated heterocycles. The summed E-state index contributed by atoms with van der Waals surface area (Å²) >= 11 is 1.45. The molecule has 0 aromatic carbocycles. The number of nitrogens with one attached hydrogen (secondary N) is 1. The van der Waals surface area contributed by atoms with Gasteiger partial charge in [0.05, 0.1) is 0 Å². The number of aryl methyl sites for hydroxylation is 1. The lowest BCUT2D eigenvalue weighted by molar-refractivity contribution is -0.126. The van der Waals surface area contributed by atoms with Crippen molar-refractivity contribution in [2.75, 3.05) is 18.0 Å². The van der Waals surface area contributed by atoms with E-state index in [1.807, 2.05) is 6.92 Å². The number of amides is 1. The maximum absolute atomic E-state index is 12.3. The van der Waals surface area contributed by atoms with Gasteiger partial charge in [0, 0.05) is 36.8 Å². The van der Waals surface area contributed by atoms with Crippen molar-refractivity contribution in [1.82, 2.24) is 19.9 Å². The summed E-state index contributed by atoms with van der Waals surface area (Å²) in [5.74, 6) is 0.219. The zero-order valence-corrected chi connectivity index (χ0v) is 16.5. The number of fused-ring (bicyclic) bond motifs is 1. The fourth-order valence-electron chi connectivity index (χ4n) is 3.15. The molecule has 0 bridgehead atoms. The number of carbonyl (C=O) groups excluding carboxylic acids is 1. The molecular weight excluding hydrogens is 350 g/mol. The molecule has 2 aromatic heterocycles. The van der Waals surface area contributed by atoms with Crippen LogP contribution in [0.25, 0.3) is 4.96 Å². The first-order valence-corrected chi connectivity index (χ1v) is 10.3. The molecule has 1 atom stereocenters. The molecule has 3 rings (SSSR count). The van der Waals surface area contributed by atoms with Gasteiger partial charge in [-0.2, -0.15) is 4.52 Å². The number of piperidine rings is 1. The second-order valence-electron chi connectivity index (χ2n) is 6.99. The summed E-state index contributed by atoms with van der Waals surface area (Å²) in [6, 6.07) is 1.80. The fourth-order valence-corrected chi connectivity index (χ4v) is 4.13. The molecule has 8 heteroatoms. The topological polar surface area (TPSA) is 79.6 Å². The first-order valence-electron chi connectivity index (χ1n) is 9.47. The average Bonchev–Trinajstić information content (AvgIpc) is 3.06. The summed E-state index contributed by atoms with van der Waals surface area (Å²) in [6.07, 6.45) is 4.32. The molecule has 1 N–H and O–H groups in total. The quantitative estimate of drug-likeness (QED) is 0.835. The Morgan fingerprint density at radius 1 is 1.38 bits per heavy atom. The third kappa shape index (κ3) is 4.06. The predicted octanol–water partition coefficient (Wildman–Crippen LogP) is 2.23. The van der Waals surface area contributed by atoms with E-state index in [9.17, 15) is 9.59 Å². The Morgan fingerprint density at radius 3 is 2.77 bits per heavy atom. The maximum atomic E-state index is 12.3. The van der Waals surface area contributed by atoms with E-state index < -0.39 is 0 Å². The highest BCUT2D eigenvalue weighted by atomic mass is 32.1. The molecule has 7 nitrogen and oxygen atoms in total. The van der Waals surface area contributed by atoms with E-state index in [-0.39, 0.29) is 23.4 Å². The largest absolute Gasteiger partial charge is 0.353 e. The highest BCUT2D eigenvalue weighted by Crippen LogP contribution is 2.27. The van der Waals surface area contributed by atoms with Gasteiger partial charge in [0.15, 0.2) is 0 Å². The first kappa shape index (κ1) is 18.8. The van der Waals surface area contributed by atoms with Crippen LogP contribution < -0.4 is 15.8 Å². The van der Waals surface area contributed by atoms with Crippen LogP contribution in [0.3, 0.4) is 0 Å². The Hall–Kier alpha value is -1.96. The number of hydrogen-bond donors (Lipinski definition) is 1. The Morgan fingerprint density at radius 2 is 2.12 bits per heavy atom. The Balaban J connectivity index is 1.68. The zero-order valence-electron chi connectivity index (χ0n) is 15.7. The van der Waals surface area contributed by atoms with Gasteiger partial charge in [0.25, 0.3) is 5.56 Å². The number of anilines is 1. The standard InChI is InChI=1S/C18H27N5O2S/c1-4-6-14-11-15(24)23-17(20-14)26-18(21-23)22-9-7-13(8-10-22)16(25)19-12(3)5-2/h11-13H,4-10H2,1-3H3,(H,19,25)/t12-/m1/s1. The predicted molar refractivity (Wildman–Crippen MR) is 104 cm³/mol. The second kappa shape index (κ2) is 8.16. The molecule has 1 aliphatic heterocycles. The Bertz CT molecular complexity index is 823. The van der Waals surface area contributed by atoms with Gasteiger partial charge in [-0.15, -0.1) is 5.10 Å². The summed E-state index contributed by atoms with van der Waals surface area (Å²) in [5.41, 5.74) is 0.705. The minimum absolute atomic E-state index is 0.0617. The van der Waals surface area contributed by atoms with Gasteiger partial charge in [-0.3, -0.25) is 9.59 Å². The maximum Gasteiger partial charge on any atom is 0.275 e. The number of rotatable bonds is 6. The molecule has 2 aromatic rings. The monoisotopic (exact) mass is 377 g/mol. The second-order valence-corrected chi connectivity index (χ2v) is 7.93. The third-order valence-corrected chi connectivity index (χ3v) is 5.90. The van der Waals surface area contributed by atoms with Gasteiger partial charge in [-0.25, -0.2) is 4.98 Å². The van der Waals surface area contributed by atoms with Gasteiger partial charge < -0.3 is 10.2 Å². The van der Waals surface area contributed by atoms with Crippen molar-refractivity contribution in [2.24, 2.45) is 5.92 Å². The molecule has 0 unspecified atom stereocenters. The minimum atomic E-state index is -0.122. The first-order chi connectivity index (χ1) is 12.5. The lowest BCUT2D eigenvalue weighted by Gasteiger charge is -2.31. The van der Waals surface area contributed by atoms with Gasteiger partial charge in [0.2, 0.25) is 16.0 Å². The van der Waals surface area contributed by atoms with Gasteiger partial charge in [0.1, 0.15) is 0 Å².